The van der Waals surface area contributed by atoms with E-state index in [1.807, 2.05) is 60.8 Å². The maximum Gasteiger partial charge on any atom is 0.341 e. The highest BCUT2D eigenvalue weighted by Gasteiger charge is 2.22. The van der Waals surface area contributed by atoms with Crippen molar-refractivity contribution in [3.8, 4) is 22.6 Å². The predicted molar refractivity (Wildman–Crippen MR) is 127 cm³/mol. The zero-order valence-electron chi connectivity index (χ0n) is 18.5. The van der Waals surface area contributed by atoms with Crippen molar-refractivity contribution in [1.82, 2.24) is 0 Å². The number of carbonyl (C=O) groups excluding carboxylic acids is 2. The van der Waals surface area contributed by atoms with Gasteiger partial charge < -0.3 is 19.5 Å². The fraction of sp³-hybridized carbons (Fsp3) is 0.280. The van der Waals surface area contributed by atoms with Crippen molar-refractivity contribution in [1.29, 1.82) is 0 Å². The zero-order chi connectivity index (χ0) is 22.9. The lowest BCUT2D eigenvalue weighted by Crippen LogP contribution is -2.15. The van der Waals surface area contributed by atoms with E-state index in [9.17, 15) is 9.59 Å². The summed E-state index contributed by atoms with van der Waals surface area (Å²) in [6, 6.07) is 15.1. The summed E-state index contributed by atoms with van der Waals surface area (Å²) in [6.45, 7) is 4.56. The number of ether oxygens (including phenoxy) is 3. The summed E-state index contributed by atoms with van der Waals surface area (Å²) in [5.41, 5.74) is 2.98. The third-order valence-corrected chi connectivity index (χ3v) is 5.70. The fourth-order valence-corrected chi connectivity index (χ4v) is 4.18. The van der Waals surface area contributed by atoms with Crippen molar-refractivity contribution in [2.24, 2.45) is 0 Å². The summed E-state index contributed by atoms with van der Waals surface area (Å²) >= 11 is 1.31. The average molecular weight is 454 g/mol. The standard InChI is InChI=1S/C25H27NO5S/c1-4-30-20-11-6-17(7-12-20)8-15-22(27)26-24-23(25(28)31-5-2)21(16-32-24)18-9-13-19(29-3)14-10-18/h6-7,9-14,16H,4-5,8,15H2,1-3H3,(H,26,27). The molecule has 32 heavy (non-hydrogen) atoms. The second-order valence-corrected chi connectivity index (χ2v) is 7.81. The normalized spacial score (nSPS) is 10.5. The van der Waals surface area contributed by atoms with Gasteiger partial charge in [0.1, 0.15) is 22.1 Å². The molecule has 0 spiro atoms. The molecule has 1 aromatic heterocycles. The van der Waals surface area contributed by atoms with Gasteiger partial charge in [-0.05, 0) is 55.7 Å². The van der Waals surface area contributed by atoms with Crippen LogP contribution in [0.3, 0.4) is 0 Å². The van der Waals surface area contributed by atoms with Gasteiger partial charge >= 0.3 is 5.97 Å². The molecule has 3 rings (SSSR count). The quantitative estimate of drug-likeness (QED) is 0.406. The van der Waals surface area contributed by atoms with Crippen molar-refractivity contribution < 1.29 is 23.8 Å². The van der Waals surface area contributed by atoms with E-state index in [-0.39, 0.29) is 12.5 Å². The molecule has 0 saturated heterocycles. The molecular weight excluding hydrogens is 426 g/mol. The number of carbonyl (C=O) groups is 2. The second-order valence-electron chi connectivity index (χ2n) is 6.93. The first-order valence-corrected chi connectivity index (χ1v) is 11.4. The molecule has 0 radical (unpaired) electrons. The van der Waals surface area contributed by atoms with Crippen LogP contribution >= 0.6 is 11.3 Å². The number of nitrogens with one attached hydrogen (secondary N) is 1. The van der Waals surface area contributed by atoms with Gasteiger partial charge in [-0.1, -0.05) is 24.3 Å². The van der Waals surface area contributed by atoms with Gasteiger partial charge in [0.2, 0.25) is 5.91 Å². The highest BCUT2D eigenvalue weighted by Crippen LogP contribution is 2.37. The van der Waals surface area contributed by atoms with Crippen LogP contribution in [-0.2, 0) is 16.0 Å². The van der Waals surface area contributed by atoms with Crippen molar-refractivity contribution in [3.05, 3.63) is 65.0 Å². The van der Waals surface area contributed by atoms with Gasteiger partial charge in [0.15, 0.2) is 0 Å². The molecule has 0 saturated carbocycles. The zero-order valence-corrected chi connectivity index (χ0v) is 19.3. The van der Waals surface area contributed by atoms with Crippen molar-refractivity contribution >= 4 is 28.2 Å². The number of amides is 1. The number of hydrogen-bond acceptors (Lipinski definition) is 6. The number of hydrogen-bond donors (Lipinski definition) is 1. The molecule has 168 valence electrons. The Morgan fingerprint density at radius 2 is 1.62 bits per heavy atom. The number of anilines is 1. The number of benzene rings is 2. The van der Waals surface area contributed by atoms with Crippen LogP contribution in [0.5, 0.6) is 11.5 Å². The largest absolute Gasteiger partial charge is 0.497 e. The second kappa shape index (κ2) is 11.3. The minimum Gasteiger partial charge on any atom is -0.497 e. The van der Waals surface area contributed by atoms with Crippen LogP contribution in [-0.4, -0.2) is 32.2 Å². The Morgan fingerprint density at radius 3 is 2.25 bits per heavy atom. The number of aryl methyl sites for hydroxylation is 1. The number of esters is 1. The van der Waals surface area contributed by atoms with Crippen molar-refractivity contribution in [2.45, 2.75) is 26.7 Å². The Hall–Kier alpha value is -3.32. The minimum atomic E-state index is -0.457. The number of rotatable bonds is 10. The third-order valence-electron chi connectivity index (χ3n) is 4.80. The summed E-state index contributed by atoms with van der Waals surface area (Å²) in [4.78, 5) is 25.3. The van der Waals surface area contributed by atoms with Gasteiger partial charge in [-0.3, -0.25) is 4.79 Å². The van der Waals surface area contributed by atoms with E-state index in [1.165, 1.54) is 11.3 Å². The molecule has 0 fully saturated rings. The predicted octanol–water partition coefficient (Wildman–Crippen LogP) is 5.57. The Morgan fingerprint density at radius 1 is 0.938 bits per heavy atom. The van der Waals surface area contributed by atoms with E-state index in [0.717, 1.165) is 28.2 Å². The first-order valence-electron chi connectivity index (χ1n) is 10.5. The van der Waals surface area contributed by atoms with E-state index < -0.39 is 5.97 Å². The molecule has 0 aliphatic rings. The third kappa shape index (κ3) is 5.88. The summed E-state index contributed by atoms with van der Waals surface area (Å²) in [5, 5.41) is 5.24. The van der Waals surface area contributed by atoms with Gasteiger partial charge in [-0.25, -0.2) is 4.79 Å². The summed E-state index contributed by atoms with van der Waals surface area (Å²) in [5.74, 6) is 0.919. The first kappa shape index (κ1) is 23.3. The van der Waals surface area contributed by atoms with Crippen molar-refractivity contribution in [2.75, 3.05) is 25.6 Å². The van der Waals surface area contributed by atoms with Crippen LogP contribution in [0.4, 0.5) is 5.00 Å². The van der Waals surface area contributed by atoms with E-state index in [0.29, 0.717) is 30.0 Å². The molecule has 6 nitrogen and oxygen atoms in total. The highest BCUT2D eigenvalue weighted by molar-refractivity contribution is 7.15. The van der Waals surface area contributed by atoms with E-state index in [4.69, 9.17) is 14.2 Å². The average Bonchev–Trinajstić information content (AvgIpc) is 3.22. The molecule has 0 atom stereocenters. The topological polar surface area (TPSA) is 73.9 Å². The van der Waals surface area contributed by atoms with Crippen molar-refractivity contribution in [3.63, 3.8) is 0 Å². The molecule has 0 bridgehead atoms. The van der Waals surface area contributed by atoms with Gasteiger partial charge in [0, 0.05) is 17.4 Å². The maximum absolute atomic E-state index is 12.7. The molecule has 1 N–H and O–H groups in total. The Bertz CT molecular complexity index is 1040. The molecule has 0 unspecified atom stereocenters. The van der Waals surface area contributed by atoms with Crippen LogP contribution in [0.2, 0.25) is 0 Å². The Labute approximate surface area is 192 Å². The molecule has 7 heteroatoms. The number of methoxy groups -OCH3 is 1. The summed E-state index contributed by atoms with van der Waals surface area (Å²) in [6.07, 6.45) is 0.885. The van der Waals surface area contributed by atoms with Crippen LogP contribution in [0.15, 0.2) is 53.9 Å². The van der Waals surface area contributed by atoms with E-state index in [2.05, 4.69) is 5.32 Å². The van der Waals surface area contributed by atoms with E-state index >= 15 is 0 Å². The molecule has 1 amide bonds. The summed E-state index contributed by atoms with van der Waals surface area (Å²) in [7, 11) is 1.60. The summed E-state index contributed by atoms with van der Waals surface area (Å²) < 4.78 is 15.9. The van der Waals surface area contributed by atoms with Crippen LogP contribution in [0.25, 0.3) is 11.1 Å². The molecular formula is C25H27NO5S. The van der Waals surface area contributed by atoms with Gasteiger partial charge in [-0.15, -0.1) is 11.3 Å². The molecule has 2 aromatic carbocycles. The smallest absolute Gasteiger partial charge is 0.341 e. The number of thiophene rings is 1. The lowest BCUT2D eigenvalue weighted by atomic mass is 10.0. The monoisotopic (exact) mass is 453 g/mol. The first-order chi connectivity index (χ1) is 15.5. The molecule has 3 aromatic rings. The molecule has 0 aliphatic heterocycles. The molecule has 1 heterocycles. The van der Waals surface area contributed by atoms with Crippen LogP contribution < -0.4 is 14.8 Å². The van der Waals surface area contributed by atoms with E-state index in [1.54, 1.807) is 14.0 Å². The Balaban J connectivity index is 1.73. The van der Waals surface area contributed by atoms with Crippen LogP contribution in [0, 0.1) is 0 Å². The minimum absolute atomic E-state index is 0.160. The lowest BCUT2D eigenvalue weighted by Gasteiger charge is -2.09. The SMILES string of the molecule is CCOC(=O)c1c(-c2ccc(OC)cc2)csc1NC(=O)CCc1ccc(OCC)cc1. The van der Waals surface area contributed by atoms with Gasteiger partial charge in [-0.2, -0.15) is 0 Å². The van der Waals surface area contributed by atoms with Crippen LogP contribution in [0.1, 0.15) is 36.2 Å². The van der Waals surface area contributed by atoms with Gasteiger partial charge in [0.25, 0.3) is 0 Å². The highest BCUT2D eigenvalue weighted by atomic mass is 32.1. The lowest BCUT2D eigenvalue weighted by molar-refractivity contribution is -0.116. The molecule has 0 aliphatic carbocycles. The maximum atomic E-state index is 12.7. The fourth-order valence-electron chi connectivity index (χ4n) is 3.20. The van der Waals surface area contributed by atoms with Gasteiger partial charge in [0.05, 0.1) is 20.3 Å². The Kier molecular flexibility index (Phi) is 8.27.